The molecule has 0 aromatic rings. The number of aliphatic hydroxyl groups is 1. The molecule has 3 N–H and O–H groups in total. The predicted octanol–water partition coefficient (Wildman–Crippen LogP) is -2.00. The highest BCUT2D eigenvalue weighted by Crippen LogP contribution is 2.59. The summed E-state index contributed by atoms with van der Waals surface area (Å²) in [5, 5.41) is 10.4. The average molecular weight is 604 g/mol. The average Bonchev–Trinajstić information content (AvgIpc) is 3.65. The summed E-state index contributed by atoms with van der Waals surface area (Å²) in [6.45, 7) is -1.16. The van der Waals surface area contributed by atoms with Crippen LogP contribution >= 0.6 is 15.6 Å². The van der Waals surface area contributed by atoms with E-state index in [2.05, 4.69) is 0 Å². The number of fused-ring (bicyclic) bond motifs is 6. The molecule has 0 amide bonds. The van der Waals surface area contributed by atoms with Crippen LogP contribution in [-0.4, -0.2) is 144 Å². The molecule has 5 heterocycles. The van der Waals surface area contributed by atoms with E-state index >= 15 is 0 Å². The van der Waals surface area contributed by atoms with Gasteiger partial charge >= 0.3 is 15.6 Å². The molecule has 14 atom stereocenters. The first-order valence-electron chi connectivity index (χ1n) is 12.8. The molecular formula is C20H29B3O15P2. The fraction of sp³-hybridized carbons (Fsp3) is 1.00. The minimum absolute atomic E-state index is 0.00474. The zero-order valence-electron chi connectivity index (χ0n) is 21.5. The first-order chi connectivity index (χ1) is 18.7. The number of ether oxygens (including phenoxy) is 6. The molecule has 20 heteroatoms. The van der Waals surface area contributed by atoms with Gasteiger partial charge in [0.2, 0.25) is 0 Å². The Labute approximate surface area is 234 Å². The maximum Gasteiger partial charge on any atom is 0.472 e. The third-order valence-corrected chi connectivity index (χ3v) is 10.4. The normalized spacial score (nSPS) is 51.9. The summed E-state index contributed by atoms with van der Waals surface area (Å²) < 4.78 is 80.6. The fourth-order valence-electron chi connectivity index (χ4n) is 6.57. The fourth-order valence-corrected chi connectivity index (χ4v) is 8.69. The Bertz CT molecular complexity index is 1090. The minimum atomic E-state index is -4.80. The predicted molar refractivity (Wildman–Crippen MR) is 131 cm³/mol. The Morgan fingerprint density at radius 2 is 1.35 bits per heavy atom. The van der Waals surface area contributed by atoms with Gasteiger partial charge in [-0.1, -0.05) is 0 Å². The number of phosphoric acid groups is 2. The Kier molecular flexibility index (Phi) is 7.81. The molecule has 218 valence electrons. The van der Waals surface area contributed by atoms with E-state index in [0.29, 0.717) is 6.42 Å². The molecule has 0 spiro atoms. The van der Waals surface area contributed by atoms with Gasteiger partial charge in [0.25, 0.3) is 0 Å². The standard InChI is InChI=1S/C20H29B3O15P2/c1-29-4-20-6-31-11(17(23)36-20)14(20)38-40(27,28)32-7-18-3-2-9(15(21)34-18)13(18)37-39(25,26)33-8-19-5-30-10(12(19)24)16(22)35-19/h9-17,24H,2-8H2,1H3,(H,25,26)(H,27,28)/t9?,10?,11?,12?,13?,14?,15?,16?,17?,18-,19-,20+/m1/s1. The van der Waals surface area contributed by atoms with Gasteiger partial charge in [-0.25, -0.2) is 9.13 Å². The van der Waals surface area contributed by atoms with Crippen molar-refractivity contribution < 1.29 is 70.5 Å². The number of hydrogen-bond donors (Lipinski definition) is 3. The quantitative estimate of drug-likeness (QED) is 0.164. The third-order valence-electron chi connectivity index (χ3n) is 8.52. The third kappa shape index (κ3) is 4.94. The van der Waals surface area contributed by atoms with Crippen LogP contribution in [0.1, 0.15) is 12.8 Å². The van der Waals surface area contributed by atoms with Gasteiger partial charge in [-0.05, 0) is 12.8 Å². The van der Waals surface area contributed by atoms with Gasteiger partial charge in [0.1, 0.15) is 70.9 Å². The molecule has 1 aliphatic carbocycles. The first-order valence-corrected chi connectivity index (χ1v) is 15.8. The van der Waals surface area contributed by atoms with Crippen LogP contribution < -0.4 is 0 Å². The minimum Gasteiger partial charge on any atom is -0.387 e. The number of aliphatic hydroxyl groups excluding tert-OH is 1. The van der Waals surface area contributed by atoms with Gasteiger partial charge in [0.05, 0.1) is 33.0 Å². The lowest BCUT2D eigenvalue weighted by molar-refractivity contribution is -0.142. The van der Waals surface area contributed by atoms with Crippen LogP contribution in [0.15, 0.2) is 0 Å². The van der Waals surface area contributed by atoms with Crippen molar-refractivity contribution in [1.29, 1.82) is 0 Å². The number of rotatable bonds is 12. The van der Waals surface area contributed by atoms with Crippen LogP contribution in [0.4, 0.5) is 0 Å². The van der Waals surface area contributed by atoms with Gasteiger partial charge in [-0.3, -0.25) is 18.1 Å². The van der Waals surface area contributed by atoms with Crippen molar-refractivity contribution in [3.8, 4) is 0 Å². The summed E-state index contributed by atoms with van der Waals surface area (Å²) in [6.07, 6.45) is -4.31. The van der Waals surface area contributed by atoms with Gasteiger partial charge in [0, 0.05) is 31.0 Å². The molecule has 40 heavy (non-hydrogen) atoms. The number of hydrogen-bond acceptors (Lipinski definition) is 13. The van der Waals surface area contributed by atoms with E-state index in [1.165, 1.54) is 7.11 Å². The van der Waals surface area contributed by atoms with Crippen LogP contribution in [0.25, 0.3) is 0 Å². The zero-order chi connectivity index (χ0) is 28.7. The lowest BCUT2D eigenvalue weighted by Crippen LogP contribution is -2.46. The Morgan fingerprint density at radius 1 is 0.800 bits per heavy atom. The van der Waals surface area contributed by atoms with Crippen molar-refractivity contribution in [3.05, 3.63) is 0 Å². The lowest BCUT2D eigenvalue weighted by Gasteiger charge is -2.34. The van der Waals surface area contributed by atoms with Crippen molar-refractivity contribution in [1.82, 2.24) is 0 Å². The molecule has 0 aromatic heterocycles. The smallest absolute Gasteiger partial charge is 0.387 e. The van der Waals surface area contributed by atoms with E-state index in [1.807, 2.05) is 0 Å². The van der Waals surface area contributed by atoms with Crippen molar-refractivity contribution in [3.63, 3.8) is 0 Å². The summed E-state index contributed by atoms with van der Waals surface area (Å²) in [7, 11) is 9.59. The van der Waals surface area contributed by atoms with Gasteiger partial charge < -0.3 is 43.3 Å². The summed E-state index contributed by atoms with van der Waals surface area (Å²) in [6, 6.07) is -2.72. The zero-order valence-corrected chi connectivity index (χ0v) is 23.3. The Hall–Kier alpha value is 0.135. The lowest BCUT2D eigenvalue weighted by atomic mass is 9.86. The van der Waals surface area contributed by atoms with E-state index in [0.717, 1.165) is 0 Å². The molecule has 1 saturated carbocycles. The van der Waals surface area contributed by atoms with Crippen LogP contribution in [-0.2, 0) is 55.6 Å². The highest BCUT2D eigenvalue weighted by molar-refractivity contribution is 7.47. The van der Waals surface area contributed by atoms with E-state index < -0.39 is 100 Å². The van der Waals surface area contributed by atoms with Crippen molar-refractivity contribution in [2.75, 3.05) is 40.1 Å². The summed E-state index contributed by atoms with van der Waals surface area (Å²) in [5.74, 6) is -0.541. The summed E-state index contributed by atoms with van der Waals surface area (Å²) >= 11 is 0. The highest BCUT2D eigenvalue weighted by atomic mass is 31.2. The molecule has 6 radical (unpaired) electrons. The molecule has 6 fully saturated rings. The van der Waals surface area contributed by atoms with Gasteiger partial charge in [-0.15, -0.1) is 0 Å². The van der Waals surface area contributed by atoms with E-state index in [9.17, 15) is 24.0 Å². The first kappa shape index (κ1) is 30.2. The maximum absolute atomic E-state index is 13.0. The molecule has 11 unspecified atom stereocenters. The number of methoxy groups -OCH3 is 1. The molecule has 5 saturated heterocycles. The van der Waals surface area contributed by atoms with E-state index in [-0.39, 0.29) is 26.2 Å². The topological polar surface area (TPSA) is 187 Å². The molecule has 6 aliphatic rings. The molecule has 6 bridgehead atoms. The van der Waals surface area contributed by atoms with Gasteiger partial charge in [0.15, 0.2) is 0 Å². The largest absolute Gasteiger partial charge is 0.472 e. The van der Waals surface area contributed by atoms with Crippen LogP contribution in [0.3, 0.4) is 0 Å². The second-order valence-electron chi connectivity index (χ2n) is 11.1. The maximum atomic E-state index is 13.0. The second kappa shape index (κ2) is 10.4. The van der Waals surface area contributed by atoms with Crippen LogP contribution in [0.5, 0.6) is 0 Å². The van der Waals surface area contributed by atoms with E-state index in [1.54, 1.807) is 0 Å². The monoisotopic (exact) mass is 604 g/mol. The Balaban J connectivity index is 1.10. The van der Waals surface area contributed by atoms with Crippen molar-refractivity contribution in [2.24, 2.45) is 5.92 Å². The van der Waals surface area contributed by atoms with Gasteiger partial charge in [-0.2, -0.15) is 0 Å². The van der Waals surface area contributed by atoms with Crippen molar-refractivity contribution in [2.45, 2.75) is 78.2 Å². The highest BCUT2D eigenvalue weighted by Gasteiger charge is 2.65. The SMILES string of the molecule is [B]C1O[C@@]2(COP(=O)(O)OC3C4OC[C@]3(COC)OC4[B])CCC1C2OP(=O)(O)OC[C@@]12COC(C([B])O1)C2O. The second-order valence-corrected chi connectivity index (χ2v) is 13.9. The molecule has 6 rings (SSSR count). The summed E-state index contributed by atoms with van der Waals surface area (Å²) in [4.78, 5) is 21.1. The van der Waals surface area contributed by atoms with Crippen LogP contribution in [0, 0.1) is 5.92 Å². The molecule has 15 nitrogen and oxygen atoms in total. The molecule has 5 aliphatic heterocycles. The molecule has 0 aromatic carbocycles. The summed E-state index contributed by atoms with van der Waals surface area (Å²) in [5.41, 5.74) is -4.08. The van der Waals surface area contributed by atoms with Crippen LogP contribution in [0.2, 0.25) is 0 Å². The van der Waals surface area contributed by atoms with Crippen molar-refractivity contribution >= 4 is 39.2 Å². The Morgan fingerprint density at radius 3 is 1.93 bits per heavy atom. The molecular weight excluding hydrogens is 575 g/mol. The van der Waals surface area contributed by atoms with E-state index in [4.69, 9.17) is 70.1 Å². The number of phosphoric ester groups is 2.